The molecule has 0 heterocycles. The molecule has 1 saturated carbocycles. The van der Waals surface area contributed by atoms with Crippen LogP contribution >= 0.6 is 11.8 Å². The molecule has 92 valence electrons. The first-order valence-corrected chi connectivity index (χ1v) is 7.03. The standard InChI is InChI=1S/C13H18N2OS/c14-13(15-16)12-8-4-1-5-10(12)9-17-11-6-2-3-7-11/h1,4-5,8,11,16H,2-3,6-7,9H2,(H2,14,15). The molecule has 0 aliphatic heterocycles. The minimum atomic E-state index is 0.202. The van der Waals surface area contributed by atoms with E-state index in [4.69, 9.17) is 10.9 Å². The molecule has 0 bridgehead atoms. The van der Waals surface area contributed by atoms with Gasteiger partial charge in [0.1, 0.15) is 0 Å². The van der Waals surface area contributed by atoms with Gasteiger partial charge < -0.3 is 10.9 Å². The highest BCUT2D eigenvalue weighted by atomic mass is 32.2. The quantitative estimate of drug-likeness (QED) is 0.374. The van der Waals surface area contributed by atoms with E-state index in [1.54, 1.807) is 0 Å². The summed E-state index contributed by atoms with van der Waals surface area (Å²) in [5.41, 5.74) is 7.67. The molecule has 0 radical (unpaired) electrons. The Balaban J connectivity index is 2.04. The maximum absolute atomic E-state index is 8.75. The van der Waals surface area contributed by atoms with Crippen LogP contribution in [0.1, 0.15) is 36.8 Å². The van der Waals surface area contributed by atoms with Crippen LogP contribution in [-0.2, 0) is 5.75 Å². The Bertz CT molecular complexity index is 400. The largest absolute Gasteiger partial charge is 0.409 e. The number of hydrogen-bond acceptors (Lipinski definition) is 3. The zero-order valence-corrected chi connectivity index (χ0v) is 10.6. The summed E-state index contributed by atoms with van der Waals surface area (Å²) in [4.78, 5) is 0. The molecule has 0 atom stereocenters. The van der Waals surface area contributed by atoms with Gasteiger partial charge in [0.15, 0.2) is 5.84 Å². The zero-order chi connectivity index (χ0) is 12.1. The molecule has 0 saturated heterocycles. The number of nitrogens with zero attached hydrogens (tertiary/aromatic N) is 1. The lowest BCUT2D eigenvalue weighted by molar-refractivity contribution is 0.318. The van der Waals surface area contributed by atoms with E-state index in [1.807, 2.05) is 30.0 Å². The Morgan fingerprint density at radius 3 is 2.76 bits per heavy atom. The summed E-state index contributed by atoms with van der Waals surface area (Å²) in [6.45, 7) is 0. The third-order valence-corrected chi connectivity index (χ3v) is 4.60. The summed E-state index contributed by atoms with van der Waals surface area (Å²) in [5.74, 6) is 1.14. The average Bonchev–Trinajstić information content (AvgIpc) is 2.89. The number of benzene rings is 1. The van der Waals surface area contributed by atoms with Crippen molar-refractivity contribution in [2.24, 2.45) is 10.9 Å². The van der Waals surface area contributed by atoms with E-state index in [-0.39, 0.29) is 5.84 Å². The van der Waals surface area contributed by atoms with Crippen molar-refractivity contribution in [1.82, 2.24) is 0 Å². The summed E-state index contributed by atoms with van der Waals surface area (Å²) in [6, 6.07) is 7.87. The minimum absolute atomic E-state index is 0.202. The maximum Gasteiger partial charge on any atom is 0.170 e. The van der Waals surface area contributed by atoms with Crippen molar-refractivity contribution in [2.75, 3.05) is 0 Å². The second-order valence-electron chi connectivity index (χ2n) is 4.36. The first kappa shape index (κ1) is 12.3. The van der Waals surface area contributed by atoms with Crippen LogP contribution in [0.4, 0.5) is 0 Å². The summed E-state index contributed by atoms with van der Waals surface area (Å²) in [6.07, 6.45) is 5.38. The van der Waals surface area contributed by atoms with Gasteiger partial charge in [0.05, 0.1) is 0 Å². The molecule has 3 N–H and O–H groups in total. The lowest BCUT2D eigenvalue weighted by atomic mass is 10.1. The van der Waals surface area contributed by atoms with Gasteiger partial charge in [-0.2, -0.15) is 11.8 Å². The molecular formula is C13H18N2OS. The summed E-state index contributed by atoms with van der Waals surface area (Å²) in [5, 5.41) is 12.6. The lowest BCUT2D eigenvalue weighted by Crippen LogP contribution is -2.15. The van der Waals surface area contributed by atoms with Crippen LogP contribution < -0.4 is 5.73 Å². The van der Waals surface area contributed by atoms with Crippen LogP contribution in [0.5, 0.6) is 0 Å². The minimum Gasteiger partial charge on any atom is -0.409 e. The zero-order valence-electron chi connectivity index (χ0n) is 9.80. The molecule has 0 unspecified atom stereocenters. The fourth-order valence-corrected chi connectivity index (χ4v) is 3.55. The van der Waals surface area contributed by atoms with Crippen molar-refractivity contribution < 1.29 is 5.21 Å². The Kier molecular flexibility index (Phi) is 4.31. The van der Waals surface area contributed by atoms with E-state index in [1.165, 1.54) is 25.7 Å². The number of nitrogens with two attached hydrogens (primary N) is 1. The molecule has 1 aliphatic rings. The van der Waals surface area contributed by atoms with Crippen LogP contribution in [-0.4, -0.2) is 16.3 Å². The number of oxime groups is 1. The highest BCUT2D eigenvalue weighted by Gasteiger charge is 2.16. The molecule has 0 amide bonds. The lowest BCUT2D eigenvalue weighted by Gasteiger charge is -2.11. The maximum atomic E-state index is 8.75. The Morgan fingerprint density at radius 2 is 2.06 bits per heavy atom. The van der Waals surface area contributed by atoms with E-state index >= 15 is 0 Å². The molecular weight excluding hydrogens is 232 g/mol. The van der Waals surface area contributed by atoms with Crippen LogP contribution in [0.3, 0.4) is 0 Å². The third-order valence-electron chi connectivity index (χ3n) is 3.18. The van der Waals surface area contributed by atoms with Crippen molar-refractivity contribution in [3.05, 3.63) is 35.4 Å². The fraction of sp³-hybridized carbons (Fsp3) is 0.462. The Hall–Kier alpha value is -1.16. The average molecular weight is 250 g/mol. The molecule has 0 spiro atoms. The van der Waals surface area contributed by atoms with E-state index in [9.17, 15) is 0 Å². The first-order valence-electron chi connectivity index (χ1n) is 5.98. The Labute approximate surface area is 106 Å². The fourth-order valence-electron chi connectivity index (χ4n) is 2.21. The Morgan fingerprint density at radius 1 is 1.35 bits per heavy atom. The topological polar surface area (TPSA) is 58.6 Å². The molecule has 4 heteroatoms. The highest BCUT2D eigenvalue weighted by Crippen LogP contribution is 2.32. The molecule has 3 nitrogen and oxygen atoms in total. The molecule has 2 rings (SSSR count). The molecule has 17 heavy (non-hydrogen) atoms. The SMILES string of the molecule is NC(=NO)c1ccccc1CSC1CCCC1. The predicted octanol–water partition coefficient (Wildman–Crippen LogP) is 2.96. The third kappa shape index (κ3) is 3.16. The molecule has 1 aromatic carbocycles. The second kappa shape index (κ2) is 5.96. The molecule has 0 aromatic heterocycles. The van der Waals surface area contributed by atoms with Crippen LogP contribution in [0.15, 0.2) is 29.4 Å². The van der Waals surface area contributed by atoms with Gasteiger partial charge in [-0.15, -0.1) is 0 Å². The van der Waals surface area contributed by atoms with Gasteiger partial charge in [0.25, 0.3) is 0 Å². The summed E-state index contributed by atoms with van der Waals surface area (Å²) < 4.78 is 0. The van der Waals surface area contributed by atoms with E-state index in [0.717, 1.165) is 22.1 Å². The molecule has 1 fully saturated rings. The first-order chi connectivity index (χ1) is 8.31. The van der Waals surface area contributed by atoms with Crippen molar-refractivity contribution in [3.8, 4) is 0 Å². The van der Waals surface area contributed by atoms with Gasteiger partial charge in [-0.25, -0.2) is 0 Å². The van der Waals surface area contributed by atoms with Gasteiger partial charge in [-0.05, 0) is 18.4 Å². The van der Waals surface area contributed by atoms with Crippen molar-refractivity contribution >= 4 is 17.6 Å². The highest BCUT2D eigenvalue weighted by molar-refractivity contribution is 7.99. The smallest absolute Gasteiger partial charge is 0.170 e. The van der Waals surface area contributed by atoms with Gasteiger partial charge in [0, 0.05) is 16.6 Å². The molecule has 1 aliphatic carbocycles. The van der Waals surface area contributed by atoms with Crippen molar-refractivity contribution in [1.29, 1.82) is 0 Å². The summed E-state index contributed by atoms with van der Waals surface area (Å²) in [7, 11) is 0. The summed E-state index contributed by atoms with van der Waals surface area (Å²) >= 11 is 1.99. The van der Waals surface area contributed by atoms with E-state index < -0.39 is 0 Å². The van der Waals surface area contributed by atoms with Gasteiger partial charge in [0.2, 0.25) is 0 Å². The number of rotatable bonds is 4. The predicted molar refractivity (Wildman–Crippen MR) is 72.5 cm³/mol. The van der Waals surface area contributed by atoms with Gasteiger partial charge in [-0.1, -0.05) is 42.3 Å². The van der Waals surface area contributed by atoms with E-state index in [0.29, 0.717) is 0 Å². The number of hydrogen-bond donors (Lipinski definition) is 2. The second-order valence-corrected chi connectivity index (χ2v) is 5.65. The van der Waals surface area contributed by atoms with E-state index in [2.05, 4.69) is 11.2 Å². The molecule has 1 aromatic rings. The number of thioether (sulfide) groups is 1. The van der Waals surface area contributed by atoms with Gasteiger partial charge >= 0.3 is 0 Å². The van der Waals surface area contributed by atoms with Crippen LogP contribution in [0.25, 0.3) is 0 Å². The van der Waals surface area contributed by atoms with Crippen LogP contribution in [0, 0.1) is 0 Å². The van der Waals surface area contributed by atoms with Crippen molar-refractivity contribution in [2.45, 2.75) is 36.7 Å². The van der Waals surface area contributed by atoms with Crippen LogP contribution in [0.2, 0.25) is 0 Å². The number of amidine groups is 1. The van der Waals surface area contributed by atoms with Crippen molar-refractivity contribution in [3.63, 3.8) is 0 Å². The normalized spacial score (nSPS) is 17.5. The monoisotopic (exact) mass is 250 g/mol. The van der Waals surface area contributed by atoms with Gasteiger partial charge in [-0.3, -0.25) is 0 Å².